The third-order valence-corrected chi connectivity index (χ3v) is 2.78. The Morgan fingerprint density at radius 2 is 2.27 bits per heavy atom. The summed E-state index contributed by atoms with van der Waals surface area (Å²) in [5.74, 6) is -0.989. The molecule has 1 aromatic rings. The molecule has 0 radical (unpaired) electrons. The Bertz CT molecular complexity index is 462. The highest BCUT2D eigenvalue weighted by Crippen LogP contribution is 2.24. The van der Waals surface area contributed by atoms with E-state index in [4.69, 9.17) is 10.4 Å². The first-order valence-corrected chi connectivity index (χ1v) is 4.78. The molecule has 4 nitrogen and oxygen atoms in total. The van der Waals surface area contributed by atoms with Crippen LogP contribution in [0.25, 0.3) is 0 Å². The Balaban J connectivity index is 3.30. The molecule has 1 N–H and O–H groups in total. The van der Waals surface area contributed by atoms with Crippen molar-refractivity contribution in [2.24, 2.45) is 0 Å². The van der Waals surface area contributed by atoms with Crippen LogP contribution in [0.5, 0.6) is 0 Å². The second kappa shape index (κ2) is 4.71. The zero-order valence-corrected chi connectivity index (χ0v) is 9.11. The summed E-state index contributed by atoms with van der Waals surface area (Å²) in [7, 11) is 0. The molecule has 0 amide bonds. The number of carboxylic acid groups (broad SMARTS) is 1. The van der Waals surface area contributed by atoms with Crippen LogP contribution >= 0.6 is 15.9 Å². The maximum absolute atomic E-state index is 10.7. The van der Waals surface area contributed by atoms with Gasteiger partial charge in [0.05, 0.1) is 18.1 Å². The minimum atomic E-state index is -0.989. The van der Waals surface area contributed by atoms with Crippen LogP contribution in [0.1, 0.15) is 21.5 Å². The summed E-state index contributed by atoms with van der Waals surface area (Å²) in [6, 6.07) is 4.81. The molecule has 0 unspecified atom stereocenters. The van der Waals surface area contributed by atoms with Crippen LogP contribution in [-0.4, -0.2) is 17.4 Å². The lowest BCUT2D eigenvalue weighted by Crippen LogP contribution is -2.03. The Labute approximate surface area is 94.3 Å². The molecule has 0 aromatic heterocycles. The number of carboxylic acids is 1. The van der Waals surface area contributed by atoms with E-state index in [1.54, 1.807) is 0 Å². The van der Waals surface area contributed by atoms with E-state index < -0.39 is 5.97 Å². The molecule has 0 saturated carbocycles. The predicted molar refractivity (Wildman–Crippen MR) is 55.6 cm³/mol. The van der Waals surface area contributed by atoms with Gasteiger partial charge in [-0.3, -0.25) is 9.59 Å². The van der Waals surface area contributed by atoms with Crippen LogP contribution in [0.3, 0.4) is 0 Å². The summed E-state index contributed by atoms with van der Waals surface area (Å²) in [5.41, 5.74) is 0.894. The fourth-order valence-electron chi connectivity index (χ4n) is 1.15. The van der Waals surface area contributed by atoms with Crippen LogP contribution in [0.4, 0.5) is 0 Å². The number of hydrogen-bond donors (Lipinski definition) is 1. The number of halogens is 1. The zero-order chi connectivity index (χ0) is 11.4. The molecule has 0 atom stereocenters. The van der Waals surface area contributed by atoms with Crippen molar-refractivity contribution < 1.29 is 14.7 Å². The summed E-state index contributed by atoms with van der Waals surface area (Å²) in [6.45, 7) is 0. The largest absolute Gasteiger partial charge is 0.481 e. The second-order valence-corrected chi connectivity index (χ2v) is 3.59. The molecule has 0 fully saturated rings. The van der Waals surface area contributed by atoms with Crippen LogP contribution < -0.4 is 0 Å². The molecular formula is C10H6BrNO3. The summed E-state index contributed by atoms with van der Waals surface area (Å²) in [4.78, 5) is 21.2. The van der Waals surface area contributed by atoms with Crippen molar-refractivity contribution >= 4 is 28.2 Å². The minimum absolute atomic E-state index is 0.187. The molecule has 0 aliphatic heterocycles. The first kappa shape index (κ1) is 11.4. The smallest absolute Gasteiger partial charge is 0.307 e. The van der Waals surface area contributed by atoms with Crippen LogP contribution in [0.2, 0.25) is 0 Å². The number of rotatable bonds is 3. The van der Waals surface area contributed by atoms with E-state index >= 15 is 0 Å². The van der Waals surface area contributed by atoms with Crippen LogP contribution in [0, 0.1) is 11.3 Å². The SMILES string of the molecule is N#Cc1ccc(CC(=O)O)c(Br)c1C=O. The Morgan fingerprint density at radius 3 is 2.73 bits per heavy atom. The number of nitriles is 1. The van der Waals surface area contributed by atoms with E-state index in [0.29, 0.717) is 16.3 Å². The lowest BCUT2D eigenvalue weighted by Gasteiger charge is -2.05. The number of aldehydes is 1. The maximum atomic E-state index is 10.7. The molecule has 1 aromatic carbocycles. The first-order valence-electron chi connectivity index (χ1n) is 3.98. The first-order chi connectivity index (χ1) is 7.10. The molecule has 0 bridgehead atoms. The third-order valence-electron chi connectivity index (χ3n) is 1.84. The Hall–Kier alpha value is -1.67. The van der Waals surface area contributed by atoms with Gasteiger partial charge in [0.25, 0.3) is 0 Å². The van der Waals surface area contributed by atoms with Gasteiger partial charge in [-0.15, -0.1) is 0 Å². The lowest BCUT2D eigenvalue weighted by atomic mass is 10.0. The average molecular weight is 268 g/mol. The molecule has 76 valence electrons. The minimum Gasteiger partial charge on any atom is -0.481 e. The van der Waals surface area contributed by atoms with Crippen molar-refractivity contribution in [1.82, 2.24) is 0 Å². The Kier molecular flexibility index (Phi) is 3.58. The highest BCUT2D eigenvalue weighted by Gasteiger charge is 2.12. The molecule has 15 heavy (non-hydrogen) atoms. The van der Waals surface area contributed by atoms with E-state index in [-0.39, 0.29) is 17.5 Å². The molecular weight excluding hydrogens is 262 g/mol. The quantitative estimate of drug-likeness (QED) is 0.847. The van der Waals surface area contributed by atoms with Crippen molar-refractivity contribution in [3.63, 3.8) is 0 Å². The van der Waals surface area contributed by atoms with E-state index in [0.717, 1.165) is 0 Å². The average Bonchev–Trinajstić information content (AvgIpc) is 2.20. The number of carbonyl (C=O) groups excluding carboxylic acids is 1. The molecule has 0 saturated heterocycles. The van der Waals surface area contributed by atoms with Crippen molar-refractivity contribution in [3.8, 4) is 6.07 Å². The molecule has 5 heteroatoms. The number of hydrogen-bond acceptors (Lipinski definition) is 3. The van der Waals surface area contributed by atoms with Crippen molar-refractivity contribution in [3.05, 3.63) is 33.3 Å². The number of carbonyl (C=O) groups is 2. The van der Waals surface area contributed by atoms with Crippen LogP contribution in [0.15, 0.2) is 16.6 Å². The van der Waals surface area contributed by atoms with E-state index in [1.807, 2.05) is 6.07 Å². The molecule has 0 aliphatic rings. The third kappa shape index (κ3) is 2.42. The number of aliphatic carboxylic acids is 1. The summed E-state index contributed by atoms with van der Waals surface area (Å²) in [6.07, 6.45) is 0.348. The summed E-state index contributed by atoms with van der Waals surface area (Å²) in [5, 5.41) is 17.3. The highest BCUT2D eigenvalue weighted by molar-refractivity contribution is 9.10. The van der Waals surface area contributed by atoms with Gasteiger partial charge in [-0.2, -0.15) is 5.26 Å². The monoisotopic (exact) mass is 267 g/mol. The Morgan fingerprint density at radius 1 is 1.60 bits per heavy atom. The van der Waals surface area contributed by atoms with Gasteiger partial charge < -0.3 is 5.11 Å². The fraction of sp³-hybridized carbons (Fsp3) is 0.100. The number of nitrogens with zero attached hydrogens (tertiary/aromatic N) is 1. The highest BCUT2D eigenvalue weighted by atomic mass is 79.9. The maximum Gasteiger partial charge on any atom is 0.307 e. The van der Waals surface area contributed by atoms with Gasteiger partial charge in [0, 0.05) is 10.0 Å². The van der Waals surface area contributed by atoms with Gasteiger partial charge in [0.1, 0.15) is 0 Å². The molecule has 1 rings (SSSR count). The topological polar surface area (TPSA) is 78.2 Å². The van der Waals surface area contributed by atoms with Crippen molar-refractivity contribution in [2.75, 3.05) is 0 Å². The number of benzene rings is 1. The van der Waals surface area contributed by atoms with Crippen molar-refractivity contribution in [1.29, 1.82) is 5.26 Å². The lowest BCUT2D eigenvalue weighted by molar-refractivity contribution is -0.136. The van der Waals surface area contributed by atoms with Gasteiger partial charge in [0.2, 0.25) is 0 Å². The van der Waals surface area contributed by atoms with E-state index in [9.17, 15) is 9.59 Å². The normalized spacial score (nSPS) is 9.33. The van der Waals surface area contributed by atoms with Gasteiger partial charge in [-0.1, -0.05) is 6.07 Å². The standard InChI is InChI=1S/C10H6BrNO3/c11-10-6(3-9(14)15)1-2-7(4-12)8(10)5-13/h1-2,5H,3H2,(H,14,15). The zero-order valence-electron chi connectivity index (χ0n) is 7.53. The van der Waals surface area contributed by atoms with Gasteiger partial charge >= 0.3 is 5.97 Å². The molecule has 0 spiro atoms. The van der Waals surface area contributed by atoms with Gasteiger partial charge in [-0.25, -0.2) is 0 Å². The summed E-state index contributed by atoms with van der Waals surface area (Å²) < 4.78 is 0.374. The van der Waals surface area contributed by atoms with E-state index in [1.165, 1.54) is 12.1 Å². The van der Waals surface area contributed by atoms with Crippen LogP contribution in [-0.2, 0) is 11.2 Å². The second-order valence-electron chi connectivity index (χ2n) is 2.80. The summed E-state index contributed by atoms with van der Waals surface area (Å²) >= 11 is 3.12. The van der Waals surface area contributed by atoms with E-state index in [2.05, 4.69) is 15.9 Å². The predicted octanol–water partition coefficient (Wildman–Crippen LogP) is 1.76. The molecule has 0 aliphatic carbocycles. The molecule has 0 heterocycles. The van der Waals surface area contributed by atoms with Gasteiger partial charge in [-0.05, 0) is 27.6 Å². The van der Waals surface area contributed by atoms with Gasteiger partial charge in [0.15, 0.2) is 6.29 Å². The van der Waals surface area contributed by atoms with Crippen molar-refractivity contribution in [2.45, 2.75) is 6.42 Å². The fourth-order valence-corrected chi connectivity index (χ4v) is 1.73.